The fraction of sp³-hybridized carbons (Fsp3) is 0.333. The maximum Gasteiger partial charge on any atom is 0.338 e. The Morgan fingerprint density at radius 3 is 2.50 bits per heavy atom. The SMILES string of the molecule is CCOC(=O)C1=C(C)OC(N)=C(C#N)[C@H]1c1ccc(OCC)cc1. The van der Waals surface area contributed by atoms with Crippen LogP contribution in [0.1, 0.15) is 32.3 Å². The molecule has 2 N–H and O–H groups in total. The molecule has 2 rings (SSSR count). The molecule has 0 fully saturated rings. The molecule has 6 heteroatoms. The molecule has 126 valence electrons. The third-order valence-electron chi connectivity index (χ3n) is 3.63. The van der Waals surface area contributed by atoms with E-state index in [1.54, 1.807) is 38.1 Å². The molecule has 6 nitrogen and oxygen atoms in total. The summed E-state index contributed by atoms with van der Waals surface area (Å²) < 4.78 is 15.9. The molecule has 0 amide bonds. The lowest BCUT2D eigenvalue weighted by Crippen LogP contribution is -2.25. The van der Waals surface area contributed by atoms with E-state index in [1.807, 2.05) is 13.0 Å². The number of esters is 1. The van der Waals surface area contributed by atoms with E-state index in [-0.39, 0.29) is 23.6 Å². The van der Waals surface area contributed by atoms with Gasteiger partial charge in [0.25, 0.3) is 0 Å². The Hall–Kier alpha value is -2.94. The highest BCUT2D eigenvalue weighted by Crippen LogP contribution is 2.39. The van der Waals surface area contributed by atoms with Gasteiger partial charge in [0, 0.05) is 0 Å². The summed E-state index contributed by atoms with van der Waals surface area (Å²) in [6.07, 6.45) is 0. The molecule has 0 saturated carbocycles. The molecule has 0 unspecified atom stereocenters. The summed E-state index contributed by atoms with van der Waals surface area (Å²) in [4.78, 5) is 12.4. The van der Waals surface area contributed by atoms with Crippen LogP contribution >= 0.6 is 0 Å². The normalized spacial score (nSPS) is 17.2. The Balaban J connectivity index is 2.51. The number of allylic oxidation sites excluding steroid dienone is 2. The quantitative estimate of drug-likeness (QED) is 0.835. The first-order valence-electron chi connectivity index (χ1n) is 7.71. The van der Waals surface area contributed by atoms with E-state index >= 15 is 0 Å². The number of nitrogens with zero attached hydrogens (tertiary/aromatic N) is 1. The van der Waals surface area contributed by atoms with Crippen molar-refractivity contribution < 1.29 is 19.0 Å². The Kier molecular flexibility index (Phi) is 5.48. The van der Waals surface area contributed by atoms with Gasteiger partial charge < -0.3 is 19.9 Å². The minimum atomic E-state index is -0.626. The van der Waals surface area contributed by atoms with Crippen LogP contribution in [0, 0.1) is 11.3 Å². The summed E-state index contributed by atoms with van der Waals surface area (Å²) in [5, 5.41) is 9.48. The van der Waals surface area contributed by atoms with Crippen LogP contribution in [0.3, 0.4) is 0 Å². The average Bonchev–Trinajstić information content (AvgIpc) is 2.55. The molecule has 0 bridgehead atoms. The maximum absolute atomic E-state index is 12.4. The molecule has 24 heavy (non-hydrogen) atoms. The molecular formula is C18H20N2O4. The van der Waals surface area contributed by atoms with Crippen LogP contribution in [0.2, 0.25) is 0 Å². The molecule has 0 saturated heterocycles. The van der Waals surface area contributed by atoms with E-state index in [2.05, 4.69) is 0 Å². The van der Waals surface area contributed by atoms with Gasteiger partial charge in [-0.05, 0) is 38.5 Å². The Morgan fingerprint density at radius 2 is 1.96 bits per heavy atom. The largest absolute Gasteiger partial charge is 0.494 e. The van der Waals surface area contributed by atoms with Gasteiger partial charge in [-0.1, -0.05) is 12.1 Å². The summed E-state index contributed by atoms with van der Waals surface area (Å²) in [5.41, 5.74) is 7.06. The lowest BCUT2D eigenvalue weighted by molar-refractivity contribution is -0.139. The number of hydrogen-bond donors (Lipinski definition) is 1. The van der Waals surface area contributed by atoms with Gasteiger partial charge in [0.15, 0.2) is 0 Å². The van der Waals surface area contributed by atoms with Crippen LogP contribution in [0.15, 0.2) is 47.1 Å². The lowest BCUT2D eigenvalue weighted by Gasteiger charge is -2.26. The van der Waals surface area contributed by atoms with Crippen LogP contribution in [-0.2, 0) is 14.3 Å². The minimum absolute atomic E-state index is 0.00179. The standard InChI is InChI=1S/C18H20N2O4/c1-4-22-13-8-6-12(7-9-13)16-14(10-19)17(20)24-11(3)15(16)18(21)23-5-2/h6-9,16H,4-5,20H2,1-3H3/t16-/m1/s1. The van der Waals surface area contributed by atoms with E-state index < -0.39 is 11.9 Å². The smallest absolute Gasteiger partial charge is 0.338 e. The highest BCUT2D eigenvalue weighted by Gasteiger charge is 2.36. The third-order valence-corrected chi connectivity index (χ3v) is 3.63. The first kappa shape index (κ1) is 17.4. The minimum Gasteiger partial charge on any atom is -0.494 e. The monoisotopic (exact) mass is 328 g/mol. The van der Waals surface area contributed by atoms with Gasteiger partial charge in [-0.2, -0.15) is 5.26 Å². The summed E-state index contributed by atoms with van der Waals surface area (Å²) in [7, 11) is 0. The van der Waals surface area contributed by atoms with Gasteiger partial charge >= 0.3 is 5.97 Å². The van der Waals surface area contributed by atoms with E-state index in [1.165, 1.54) is 0 Å². The molecule has 0 aliphatic carbocycles. The number of nitrogens with two attached hydrogens (primary N) is 1. The van der Waals surface area contributed by atoms with Crippen molar-refractivity contribution in [3.8, 4) is 11.8 Å². The zero-order valence-electron chi connectivity index (χ0n) is 14.0. The average molecular weight is 328 g/mol. The van der Waals surface area contributed by atoms with E-state index in [0.717, 1.165) is 5.56 Å². The number of benzene rings is 1. The third kappa shape index (κ3) is 3.35. The zero-order valence-corrected chi connectivity index (χ0v) is 14.0. The molecule has 1 aromatic rings. The second-order valence-corrected chi connectivity index (χ2v) is 5.12. The summed E-state index contributed by atoms with van der Waals surface area (Å²) in [6.45, 7) is 6.04. The zero-order chi connectivity index (χ0) is 17.7. The van der Waals surface area contributed by atoms with Crippen LogP contribution in [0.5, 0.6) is 5.75 Å². The fourth-order valence-corrected chi connectivity index (χ4v) is 2.61. The van der Waals surface area contributed by atoms with E-state index in [0.29, 0.717) is 18.1 Å². The van der Waals surface area contributed by atoms with Crippen molar-refractivity contribution in [1.29, 1.82) is 5.26 Å². The fourth-order valence-electron chi connectivity index (χ4n) is 2.61. The van der Waals surface area contributed by atoms with Gasteiger partial charge in [0.1, 0.15) is 23.2 Å². The van der Waals surface area contributed by atoms with Crippen molar-refractivity contribution in [1.82, 2.24) is 0 Å². The molecule has 0 spiro atoms. The van der Waals surface area contributed by atoms with Crippen molar-refractivity contribution in [2.75, 3.05) is 13.2 Å². The van der Waals surface area contributed by atoms with Crippen LogP contribution < -0.4 is 10.5 Å². The topological polar surface area (TPSA) is 94.6 Å². The van der Waals surface area contributed by atoms with Gasteiger partial charge in [-0.25, -0.2) is 4.79 Å². The highest BCUT2D eigenvalue weighted by molar-refractivity contribution is 5.92. The highest BCUT2D eigenvalue weighted by atomic mass is 16.5. The number of ether oxygens (including phenoxy) is 3. The van der Waals surface area contributed by atoms with Crippen molar-refractivity contribution in [3.05, 3.63) is 52.6 Å². The molecule has 1 heterocycles. The number of nitriles is 1. The first-order chi connectivity index (χ1) is 11.5. The van der Waals surface area contributed by atoms with Gasteiger partial charge in [-0.3, -0.25) is 0 Å². The Bertz CT molecular complexity index is 726. The predicted molar refractivity (Wildman–Crippen MR) is 87.6 cm³/mol. The molecule has 1 atom stereocenters. The first-order valence-corrected chi connectivity index (χ1v) is 7.71. The number of carbonyl (C=O) groups excluding carboxylic acids is 1. The predicted octanol–water partition coefficient (Wildman–Crippen LogP) is 2.73. The Morgan fingerprint density at radius 1 is 1.29 bits per heavy atom. The van der Waals surface area contributed by atoms with Gasteiger partial charge in [0.05, 0.1) is 24.7 Å². The molecular weight excluding hydrogens is 308 g/mol. The van der Waals surface area contributed by atoms with Crippen molar-refractivity contribution >= 4 is 5.97 Å². The number of carbonyl (C=O) groups is 1. The van der Waals surface area contributed by atoms with Crippen LogP contribution in [0.4, 0.5) is 0 Å². The van der Waals surface area contributed by atoms with E-state index in [9.17, 15) is 10.1 Å². The Labute approximate surface area is 141 Å². The number of hydrogen-bond acceptors (Lipinski definition) is 6. The summed E-state index contributed by atoms with van der Waals surface area (Å²) >= 11 is 0. The second-order valence-electron chi connectivity index (χ2n) is 5.12. The van der Waals surface area contributed by atoms with Crippen LogP contribution in [0.25, 0.3) is 0 Å². The molecule has 0 radical (unpaired) electrons. The van der Waals surface area contributed by atoms with Crippen molar-refractivity contribution in [3.63, 3.8) is 0 Å². The second kappa shape index (κ2) is 7.55. The van der Waals surface area contributed by atoms with Gasteiger partial charge in [0.2, 0.25) is 5.88 Å². The molecule has 1 aliphatic rings. The summed E-state index contributed by atoms with van der Waals surface area (Å²) in [6, 6.07) is 9.23. The molecule has 1 aromatic carbocycles. The van der Waals surface area contributed by atoms with Crippen molar-refractivity contribution in [2.24, 2.45) is 5.73 Å². The maximum atomic E-state index is 12.4. The van der Waals surface area contributed by atoms with Crippen molar-refractivity contribution in [2.45, 2.75) is 26.7 Å². The summed E-state index contributed by atoms with van der Waals surface area (Å²) in [5.74, 6) is -0.0967. The lowest BCUT2D eigenvalue weighted by atomic mass is 9.83. The molecule has 0 aromatic heterocycles. The van der Waals surface area contributed by atoms with Gasteiger partial charge in [-0.15, -0.1) is 0 Å². The molecule has 1 aliphatic heterocycles. The van der Waals surface area contributed by atoms with Crippen LogP contribution in [-0.4, -0.2) is 19.2 Å². The van der Waals surface area contributed by atoms with E-state index in [4.69, 9.17) is 19.9 Å². The number of rotatable bonds is 5.